The Morgan fingerprint density at radius 2 is 0.607 bits per heavy atom. The van der Waals surface area contributed by atoms with Gasteiger partial charge in [0, 0.05) is 0 Å². The van der Waals surface area contributed by atoms with Gasteiger partial charge in [0.2, 0.25) is 11.2 Å². The summed E-state index contributed by atoms with van der Waals surface area (Å²) in [7, 11) is 6.01. The number of benzene rings is 14. The minimum Gasteiger partial charge on any atom is -0.0622 e. The van der Waals surface area contributed by atoms with Gasteiger partial charge in [-0.3, -0.25) is 0 Å². The Bertz CT molecular complexity index is 6370. The summed E-state index contributed by atoms with van der Waals surface area (Å²) in [5.74, 6) is 19.5. The van der Waals surface area contributed by atoms with Crippen LogP contribution in [0, 0.1) is 107 Å². The summed E-state index contributed by atoms with van der Waals surface area (Å²) >= 11 is 2.81. The van der Waals surface area contributed by atoms with E-state index in [0.29, 0.717) is 32.0 Å². The maximum absolute atomic E-state index is 10.3. The second kappa shape index (κ2) is 63.6. The minimum atomic E-state index is -2.46. The monoisotopic (exact) mass is 2530 g/mol. The Hall–Kier alpha value is -12.6. The van der Waals surface area contributed by atoms with Gasteiger partial charge in [-0.1, -0.05) is 352 Å². The zero-order valence-electron chi connectivity index (χ0n) is 79.1. The first kappa shape index (κ1) is 114. The maximum atomic E-state index is 10.3. The summed E-state index contributed by atoms with van der Waals surface area (Å²) in [5.41, 5.74) is 6.32. The van der Waals surface area contributed by atoms with E-state index < -0.39 is 57.6 Å². The van der Waals surface area contributed by atoms with Crippen LogP contribution in [0.4, 0.5) is 0 Å². The molecule has 15 heteroatoms. The molecule has 2 saturated heterocycles. The first-order chi connectivity index (χ1) is 70.6. The molecule has 2 fully saturated rings. The molecule has 724 valence electrons. The van der Waals surface area contributed by atoms with E-state index in [2.05, 4.69) is 481 Å². The van der Waals surface area contributed by atoms with E-state index in [4.69, 9.17) is 77.1 Å². The van der Waals surface area contributed by atoms with Gasteiger partial charge in [0.1, 0.15) is 26.4 Å². The molecule has 0 aromatic heterocycles. The third-order valence-corrected chi connectivity index (χ3v) is 35.3. The van der Waals surface area contributed by atoms with Crippen molar-refractivity contribution in [1.82, 2.24) is 0 Å². The molecule has 0 spiro atoms. The van der Waals surface area contributed by atoms with Crippen LogP contribution in [0.25, 0.3) is 24.3 Å². The zero-order chi connectivity index (χ0) is 102. The maximum Gasteiger partial charge on any atom is -0.0134 e. The molecular weight excluding hydrogens is 2420 g/mol. The van der Waals surface area contributed by atoms with Crippen LogP contribution in [-0.2, 0) is 70.3 Å². The van der Waals surface area contributed by atoms with Crippen molar-refractivity contribution in [3.63, 3.8) is 0 Å². The van der Waals surface area contributed by atoms with Crippen LogP contribution in [-0.4, -0.2) is 74.3 Å². The number of terminal acetylenes is 4. The van der Waals surface area contributed by atoms with Gasteiger partial charge in [0.05, 0.1) is 0 Å². The molecule has 16 rings (SSSR count). The molecule has 2 unspecified atom stereocenters. The van der Waals surface area contributed by atoms with Gasteiger partial charge in [-0.15, -0.1) is 25.7 Å². The van der Waals surface area contributed by atoms with Crippen LogP contribution < -0.4 is 63.7 Å². The average Bonchev–Trinajstić information content (AvgIpc) is 1.44. The molecule has 0 bridgehead atoms. The van der Waals surface area contributed by atoms with Crippen molar-refractivity contribution in [3.05, 3.63) is 529 Å². The zero-order valence-corrected chi connectivity index (χ0v) is 91.8. The Labute approximate surface area is 899 Å². The molecule has 6 nitrogen and oxygen atoms in total. The van der Waals surface area contributed by atoms with E-state index in [1.54, 1.807) is 72.3 Å². The molecule has 2 heterocycles. The van der Waals surface area contributed by atoms with Crippen molar-refractivity contribution in [2.75, 3.05) is 52.9 Å². The number of allylic oxidation sites excluding steroid dienone is 8. The van der Waals surface area contributed by atoms with E-state index in [1.807, 2.05) is 6.92 Å². The van der Waals surface area contributed by atoms with Crippen molar-refractivity contribution in [2.45, 2.75) is 25.6 Å². The predicted molar refractivity (Wildman–Crippen MR) is 609 cm³/mol. The van der Waals surface area contributed by atoms with Crippen LogP contribution in [0.5, 0.6) is 0 Å². The van der Waals surface area contributed by atoms with Gasteiger partial charge in [-0.2, -0.15) is 0 Å². The first-order valence-electron chi connectivity index (χ1n) is 45.6. The van der Waals surface area contributed by atoms with E-state index in [9.17, 15) is 10.2 Å². The number of aliphatic hydroxyl groups is 2. The third-order valence-electron chi connectivity index (χ3n) is 21.6. The number of rotatable bonds is 27. The van der Waals surface area contributed by atoms with Gasteiger partial charge in [0.25, 0.3) is 0 Å². The van der Waals surface area contributed by atoms with Crippen molar-refractivity contribution >= 4 is 138 Å². The second-order valence-electron chi connectivity index (χ2n) is 31.5. The van der Waals surface area contributed by atoms with Crippen LogP contribution in [0.15, 0.2) is 481 Å². The molecule has 14 aromatic carbocycles. The van der Waals surface area contributed by atoms with Crippen LogP contribution in [0.3, 0.4) is 0 Å². The molecule has 0 aliphatic carbocycles. The van der Waals surface area contributed by atoms with E-state index in [-0.39, 0.29) is 33.9 Å². The summed E-state index contributed by atoms with van der Waals surface area (Å²) in [5, 5.41) is 38.1. The molecule has 2 aliphatic rings. The van der Waals surface area contributed by atoms with Crippen molar-refractivity contribution in [1.29, 1.82) is 0 Å². The molecule has 2 atom stereocenters. The largest absolute Gasteiger partial charge is 0.0622 e. The van der Waals surface area contributed by atoms with Crippen molar-refractivity contribution in [2.24, 2.45) is 0 Å². The minimum absolute atomic E-state index is 0. The summed E-state index contributed by atoms with van der Waals surface area (Å²) < 4.78 is 28.3. The van der Waals surface area contributed by atoms with Gasteiger partial charge < -0.3 is 19.7 Å². The summed E-state index contributed by atoms with van der Waals surface area (Å²) in [6.07, 6.45) is 42.6. The standard InChI is InChI=1S/C47H36O2P.C28H22O4.3C18H15P.CH4.2ClH.3Os/c1-35(2)41(29-43-33-48-31-36(43)3)27-25-39-21-23-40(24-22-39)26-28-42(30-44-34-49-32-37(44)4)38(5)50(45-15-9-6-10-16-45,46-17-11-7-12-18-46)47-19-13-8-14-20-47;1-5-21-31-23-9-17-27(29,7-3)19-15-25-11-13-26(14-12-25)16-20-28(30,8-4)18-10-24-32-22-6-2;3*1-4-10-16(11-5-1)19(17-12-6-2-7-13-17)18-14-8-3-9-15-18;;;;;;/h3-4,6-28H,31-34H2,1H3;1-4,11-16,19-20,29-30H,21-24H2;3*1-15H;1H4;2*1H;;;/q-3;;;;;;;;;;+2/p-2/b27-25+,28-26+,41-35?,42-38?;19-15+,20-16+;;;;;;;;;. The fourth-order valence-electron chi connectivity index (χ4n) is 14.7. The first-order valence-corrected chi connectivity index (χ1v) is 60.2. The normalized spacial score (nSPS) is 13.6. The summed E-state index contributed by atoms with van der Waals surface area (Å²) in [6, 6.07) is 145. The Balaban J connectivity index is 0.000000197. The SMILES string of the molecule is C.C#CCOCC#CC(O)(C#C)/C=C/c1ccc(/C=C/C(O)(C#C)C#CCOCC#C)cc1.[CH-]=C1COCC1=[C-]C(/C=C/c1ccc(/C=C/C([C-]=C2COCC2=[CH-])=C([C]#[Os])[P+](c2ccccc2)(c2ccccc2)c2ccccc2)cc1)=C(C)[C]#[Os].[Cl][Os][Cl].c1ccc(P(c2ccccc2)c2ccccc2)cc1.c1ccc(P(c2ccccc2)c2ccccc2)cc1.c1ccc(P(c2ccccc2)c2ccccc2)cc1. The van der Waals surface area contributed by atoms with Crippen LogP contribution in [0.1, 0.15) is 36.6 Å². The Morgan fingerprint density at radius 3 is 0.828 bits per heavy atom. The molecule has 0 amide bonds. The molecule has 2 aliphatic heterocycles. The van der Waals surface area contributed by atoms with Gasteiger partial charge in [-0.25, -0.2) is 0 Å². The van der Waals surface area contributed by atoms with Gasteiger partial charge >= 0.3 is 366 Å². The smallest absolute Gasteiger partial charge is 0.0134 e. The van der Waals surface area contributed by atoms with Crippen LogP contribution >= 0.6 is 50.3 Å². The average molecular weight is 2530 g/mol. The molecule has 145 heavy (non-hydrogen) atoms. The Morgan fingerprint density at radius 1 is 0.372 bits per heavy atom. The summed E-state index contributed by atoms with van der Waals surface area (Å²) in [6.45, 7) is 16.8. The fourth-order valence-corrected chi connectivity index (χ4v) is 27.7. The number of ether oxygens (including phenoxy) is 4. The fraction of sp³-hybridized carbons (Fsp3) is 0.0923. The number of halogens is 2. The van der Waals surface area contributed by atoms with Crippen molar-refractivity contribution in [3.8, 4) is 81.8 Å². The number of hydrogen-bond acceptors (Lipinski definition) is 6. The van der Waals surface area contributed by atoms with Crippen LogP contribution in [0.2, 0.25) is 0 Å². The molecule has 14 aromatic rings. The van der Waals surface area contributed by atoms with Crippen molar-refractivity contribution < 1.29 is 80.5 Å². The Kier molecular flexibility index (Phi) is 50.1. The van der Waals surface area contributed by atoms with Gasteiger partial charge in [-0.05, 0) is 107 Å². The predicted octanol–water partition coefficient (Wildman–Crippen LogP) is 22.6. The molecular formula is C130H107Cl2O6Os3P4-3. The molecule has 0 saturated carbocycles. The van der Waals surface area contributed by atoms with E-state index in [0.717, 1.165) is 61.0 Å². The van der Waals surface area contributed by atoms with Gasteiger partial charge in [0.15, 0.2) is 0 Å². The van der Waals surface area contributed by atoms with E-state index >= 15 is 0 Å². The van der Waals surface area contributed by atoms with E-state index in [1.165, 1.54) is 75.8 Å². The summed E-state index contributed by atoms with van der Waals surface area (Å²) in [4.78, 5) is 0. The molecule has 0 radical (unpaired) electrons. The molecule has 2 N–H and O–H groups in total. The second-order valence-corrected chi connectivity index (χ2v) is 46.4. The number of hydrogen-bond donors (Lipinski definition) is 2. The quantitative estimate of drug-likeness (QED) is 0.0176. The third kappa shape index (κ3) is 35.9. The topological polar surface area (TPSA) is 77.4 Å².